The molecule has 7 nitrogen and oxygen atoms in total. The molecule has 0 atom stereocenters. The molecule has 1 saturated heterocycles. The number of aromatic carboxylic acids is 1. The Hall–Kier alpha value is -1.71. The maximum Gasteiger partial charge on any atom is 0.345 e. The highest BCUT2D eigenvalue weighted by Gasteiger charge is 2.42. The van der Waals surface area contributed by atoms with E-state index < -0.39 is 5.97 Å². The second-order valence-electron chi connectivity index (χ2n) is 5.76. The predicted molar refractivity (Wildman–Crippen MR) is 88.4 cm³/mol. The normalized spacial score (nSPS) is 19.7. The van der Waals surface area contributed by atoms with E-state index in [0.29, 0.717) is 16.6 Å². The molecule has 0 bridgehead atoms. The van der Waals surface area contributed by atoms with Crippen molar-refractivity contribution >= 4 is 38.9 Å². The zero-order valence-corrected chi connectivity index (χ0v) is 14.0. The summed E-state index contributed by atoms with van der Waals surface area (Å²) in [7, 11) is 0. The minimum absolute atomic E-state index is 0.357. The summed E-state index contributed by atoms with van der Waals surface area (Å²) in [5.74, 6) is -0.860. The molecule has 0 aromatic carbocycles. The van der Waals surface area contributed by atoms with Gasteiger partial charge in [0, 0.05) is 24.4 Å². The quantitative estimate of drug-likeness (QED) is 0.851. The summed E-state index contributed by atoms with van der Waals surface area (Å²) in [6.07, 6.45) is 2.43. The summed E-state index contributed by atoms with van der Waals surface area (Å²) in [6, 6.07) is 1.81. The first-order chi connectivity index (χ1) is 11.1. The summed E-state index contributed by atoms with van der Waals surface area (Å²) in [5, 5.41) is 18.5. The van der Waals surface area contributed by atoms with Crippen LogP contribution in [0.3, 0.4) is 0 Å². The number of carboxylic acid groups (broad SMARTS) is 1. The molecule has 1 fully saturated rings. The molecule has 0 unspecified atom stereocenters. The van der Waals surface area contributed by atoms with E-state index in [4.69, 9.17) is 10.5 Å². The van der Waals surface area contributed by atoms with Gasteiger partial charge in [-0.1, -0.05) is 11.3 Å². The van der Waals surface area contributed by atoms with Gasteiger partial charge in [0.25, 0.3) is 0 Å². The van der Waals surface area contributed by atoms with Gasteiger partial charge in [-0.25, -0.2) is 4.79 Å². The topological polar surface area (TPSA) is 102 Å². The molecule has 23 heavy (non-hydrogen) atoms. The molecule has 2 aromatic rings. The molecule has 2 aliphatic rings. The summed E-state index contributed by atoms with van der Waals surface area (Å²) < 4.78 is 6.15. The second-order valence-corrected chi connectivity index (χ2v) is 7.88. The smallest absolute Gasteiger partial charge is 0.345 e. The lowest BCUT2D eigenvalue weighted by Gasteiger charge is -2.43. The minimum atomic E-state index is -0.860. The first-order valence-electron chi connectivity index (χ1n) is 7.42. The number of hydrogen-bond acceptors (Lipinski definition) is 8. The van der Waals surface area contributed by atoms with Crippen LogP contribution in [0.2, 0.25) is 0 Å². The molecular formula is C14H16N4O3S2. The van der Waals surface area contributed by atoms with Crippen molar-refractivity contribution in [2.75, 3.05) is 30.3 Å². The highest BCUT2D eigenvalue weighted by Crippen LogP contribution is 2.45. The Morgan fingerprint density at radius 1 is 1.35 bits per heavy atom. The molecule has 3 N–H and O–H groups in total. The maximum absolute atomic E-state index is 11.3. The summed E-state index contributed by atoms with van der Waals surface area (Å²) in [5.41, 5.74) is 6.37. The Morgan fingerprint density at radius 2 is 2.13 bits per heavy atom. The lowest BCUT2D eigenvalue weighted by Crippen LogP contribution is -2.46. The maximum atomic E-state index is 11.3. The van der Waals surface area contributed by atoms with E-state index in [-0.39, 0.29) is 5.60 Å². The zero-order chi connectivity index (χ0) is 16.0. The molecule has 1 spiro atoms. The van der Waals surface area contributed by atoms with E-state index >= 15 is 0 Å². The van der Waals surface area contributed by atoms with Crippen molar-refractivity contribution in [2.24, 2.45) is 0 Å². The van der Waals surface area contributed by atoms with E-state index in [9.17, 15) is 9.90 Å². The van der Waals surface area contributed by atoms with Crippen LogP contribution in [0.1, 0.15) is 33.0 Å². The average molecular weight is 352 g/mol. The molecule has 4 heterocycles. The fourth-order valence-electron chi connectivity index (χ4n) is 3.35. The van der Waals surface area contributed by atoms with Gasteiger partial charge in [0.15, 0.2) is 0 Å². The van der Waals surface area contributed by atoms with E-state index in [1.54, 1.807) is 6.07 Å². The van der Waals surface area contributed by atoms with Crippen molar-refractivity contribution in [3.8, 4) is 0 Å². The zero-order valence-electron chi connectivity index (χ0n) is 12.3. The molecule has 0 radical (unpaired) electrons. The van der Waals surface area contributed by atoms with E-state index in [1.165, 1.54) is 22.7 Å². The van der Waals surface area contributed by atoms with Gasteiger partial charge in [0.05, 0.1) is 12.2 Å². The number of carboxylic acids is 1. The summed E-state index contributed by atoms with van der Waals surface area (Å²) in [4.78, 5) is 15.0. The third-order valence-corrected chi connectivity index (χ3v) is 6.49. The van der Waals surface area contributed by atoms with Crippen molar-refractivity contribution in [2.45, 2.75) is 24.9 Å². The fraction of sp³-hybridized carbons (Fsp3) is 0.500. The number of piperidine rings is 1. The van der Waals surface area contributed by atoms with Crippen LogP contribution in [0.25, 0.3) is 0 Å². The number of nitrogens with two attached hydrogens (primary N) is 1. The van der Waals surface area contributed by atoms with Crippen LogP contribution in [-0.4, -0.2) is 41.0 Å². The van der Waals surface area contributed by atoms with E-state index in [1.807, 2.05) is 0 Å². The van der Waals surface area contributed by atoms with Gasteiger partial charge in [0.2, 0.25) is 10.3 Å². The Bertz CT molecular complexity index is 749. The molecule has 4 rings (SSSR count). The highest BCUT2D eigenvalue weighted by molar-refractivity contribution is 7.18. The van der Waals surface area contributed by atoms with Crippen LogP contribution in [0, 0.1) is 0 Å². The summed E-state index contributed by atoms with van der Waals surface area (Å²) in [6.45, 7) is 2.25. The molecule has 122 valence electrons. The number of hydrogen-bond donors (Lipinski definition) is 2. The van der Waals surface area contributed by atoms with Crippen molar-refractivity contribution in [3.63, 3.8) is 0 Å². The standard InChI is InChI=1S/C14H16N4O3S2/c15-12-16-17-13(23-12)18-4-2-14(3-5-18)8-7-10(11(19)20)22-9(8)1-6-21-14/h7H,1-6H2,(H2,15,16)(H,19,20). The van der Waals surface area contributed by atoms with Crippen molar-refractivity contribution in [1.82, 2.24) is 10.2 Å². The number of nitrogens with zero attached hydrogens (tertiary/aromatic N) is 3. The summed E-state index contributed by atoms with van der Waals surface area (Å²) >= 11 is 2.77. The lowest BCUT2D eigenvalue weighted by molar-refractivity contribution is -0.0756. The van der Waals surface area contributed by atoms with Gasteiger partial charge >= 0.3 is 5.97 Å². The van der Waals surface area contributed by atoms with Crippen LogP contribution >= 0.6 is 22.7 Å². The number of anilines is 2. The van der Waals surface area contributed by atoms with Crippen LogP contribution in [0.15, 0.2) is 6.07 Å². The van der Waals surface area contributed by atoms with Gasteiger partial charge in [-0.2, -0.15) is 0 Å². The van der Waals surface area contributed by atoms with Gasteiger partial charge < -0.3 is 20.5 Å². The second kappa shape index (κ2) is 5.43. The first-order valence-corrected chi connectivity index (χ1v) is 9.05. The number of ether oxygens (including phenoxy) is 1. The molecule has 9 heteroatoms. The lowest BCUT2D eigenvalue weighted by atomic mass is 9.82. The third kappa shape index (κ3) is 2.48. The number of fused-ring (bicyclic) bond motifs is 2. The van der Waals surface area contributed by atoms with Gasteiger partial charge in [-0.05, 0) is 24.5 Å². The van der Waals surface area contributed by atoms with Crippen LogP contribution < -0.4 is 10.6 Å². The van der Waals surface area contributed by atoms with Crippen LogP contribution in [-0.2, 0) is 16.8 Å². The minimum Gasteiger partial charge on any atom is -0.477 e. The Labute approximate surface area is 140 Å². The monoisotopic (exact) mass is 352 g/mol. The van der Waals surface area contributed by atoms with Crippen molar-refractivity contribution < 1.29 is 14.6 Å². The number of thiophene rings is 1. The van der Waals surface area contributed by atoms with E-state index in [0.717, 1.165) is 47.9 Å². The van der Waals surface area contributed by atoms with Crippen molar-refractivity contribution in [1.29, 1.82) is 0 Å². The molecule has 0 amide bonds. The molecule has 2 aliphatic heterocycles. The van der Waals surface area contributed by atoms with Gasteiger partial charge in [-0.3, -0.25) is 0 Å². The Balaban J connectivity index is 1.58. The molecular weight excluding hydrogens is 336 g/mol. The number of rotatable bonds is 2. The number of carbonyl (C=O) groups is 1. The molecule has 0 saturated carbocycles. The Morgan fingerprint density at radius 3 is 2.78 bits per heavy atom. The Kier molecular flexibility index (Phi) is 3.51. The largest absolute Gasteiger partial charge is 0.477 e. The van der Waals surface area contributed by atoms with Crippen LogP contribution in [0.4, 0.5) is 10.3 Å². The first kappa shape index (κ1) is 14.9. The third-order valence-electron chi connectivity index (χ3n) is 4.49. The fourth-order valence-corrected chi connectivity index (χ4v) is 5.08. The van der Waals surface area contributed by atoms with Crippen LogP contribution in [0.5, 0.6) is 0 Å². The van der Waals surface area contributed by atoms with Crippen molar-refractivity contribution in [3.05, 3.63) is 21.4 Å². The van der Waals surface area contributed by atoms with E-state index in [2.05, 4.69) is 15.1 Å². The predicted octanol–water partition coefficient (Wildman–Crippen LogP) is 1.95. The number of aromatic nitrogens is 2. The number of nitrogen functional groups attached to an aromatic ring is 1. The van der Waals surface area contributed by atoms with Gasteiger partial charge in [-0.15, -0.1) is 21.5 Å². The van der Waals surface area contributed by atoms with Gasteiger partial charge in [0.1, 0.15) is 4.88 Å². The molecule has 0 aliphatic carbocycles. The highest BCUT2D eigenvalue weighted by atomic mass is 32.1. The average Bonchev–Trinajstić information content (AvgIpc) is 3.15. The SMILES string of the molecule is Nc1nnc(N2CCC3(CC2)OCCc2sc(C(=O)O)cc23)s1. The molecule has 2 aromatic heterocycles.